The average Bonchev–Trinajstić information content (AvgIpc) is 3.19. The summed E-state index contributed by atoms with van der Waals surface area (Å²) in [5, 5.41) is 9.14. The third-order valence-electron chi connectivity index (χ3n) is 5.02. The van der Waals surface area contributed by atoms with Crippen LogP contribution in [-0.4, -0.2) is 55.5 Å². The van der Waals surface area contributed by atoms with Crippen LogP contribution in [0, 0.1) is 0 Å². The fourth-order valence-corrected chi connectivity index (χ4v) is 3.82. The molecule has 2 aliphatic heterocycles. The van der Waals surface area contributed by atoms with E-state index in [1.165, 1.54) is 4.90 Å². The van der Waals surface area contributed by atoms with Gasteiger partial charge in [0.25, 0.3) is 0 Å². The summed E-state index contributed by atoms with van der Waals surface area (Å²) in [7, 11) is 1.81. The van der Waals surface area contributed by atoms with Crippen LogP contribution in [0.3, 0.4) is 0 Å². The summed E-state index contributed by atoms with van der Waals surface area (Å²) >= 11 is 0. The molecule has 2 bridgehead atoms. The van der Waals surface area contributed by atoms with E-state index in [9.17, 15) is 18.0 Å². The van der Waals surface area contributed by atoms with Crippen molar-refractivity contribution in [2.24, 2.45) is 7.05 Å². The largest absolute Gasteiger partial charge is 0.405 e. The highest BCUT2D eigenvalue weighted by Crippen LogP contribution is 2.38. The second-order valence-electron chi connectivity index (χ2n) is 7.17. The van der Waals surface area contributed by atoms with Crippen LogP contribution in [0.4, 0.5) is 29.6 Å². The van der Waals surface area contributed by atoms with Crippen LogP contribution in [0.2, 0.25) is 0 Å². The van der Waals surface area contributed by atoms with Gasteiger partial charge < -0.3 is 15.5 Å². The first-order valence-corrected chi connectivity index (χ1v) is 9.21. The second kappa shape index (κ2) is 7.37. The van der Waals surface area contributed by atoms with Gasteiger partial charge in [0.05, 0.1) is 23.6 Å². The van der Waals surface area contributed by atoms with Gasteiger partial charge in [0.2, 0.25) is 5.95 Å². The Morgan fingerprint density at radius 2 is 2.17 bits per heavy atom. The molecule has 2 atom stereocenters. The number of urea groups is 1. The minimum absolute atomic E-state index is 0.141. The van der Waals surface area contributed by atoms with E-state index in [1.54, 1.807) is 29.3 Å². The molecule has 0 radical (unpaired) electrons. The molecule has 154 valence electrons. The summed E-state index contributed by atoms with van der Waals surface area (Å²) in [5.41, 5.74) is 2.46. The van der Waals surface area contributed by atoms with Crippen molar-refractivity contribution >= 4 is 23.2 Å². The van der Waals surface area contributed by atoms with Crippen molar-refractivity contribution in [1.29, 1.82) is 0 Å². The van der Waals surface area contributed by atoms with Crippen molar-refractivity contribution in [1.82, 2.24) is 30.0 Å². The maximum atomic E-state index is 12.4. The molecule has 0 aromatic carbocycles. The molecule has 1 fully saturated rings. The van der Waals surface area contributed by atoms with Gasteiger partial charge in [-0.2, -0.15) is 18.3 Å². The second-order valence-corrected chi connectivity index (χ2v) is 7.17. The van der Waals surface area contributed by atoms with E-state index in [4.69, 9.17) is 0 Å². The van der Waals surface area contributed by atoms with Gasteiger partial charge in [-0.3, -0.25) is 4.68 Å². The van der Waals surface area contributed by atoms with Gasteiger partial charge in [-0.1, -0.05) is 6.08 Å². The zero-order valence-electron chi connectivity index (χ0n) is 15.6. The molecule has 2 aromatic rings. The van der Waals surface area contributed by atoms with Crippen molar-refractivity contribution < 1.29 is 18.0 Å². The normalized spacial score (nSPS) is 21.1. The fourth-order valence-electron chi connectivity index (χ4n) is 3.82. The zero-order chi connectivity index (χ0) is 20.6. The Morgan fingerprint density at radius 1 is 1.34 bits per heavy atom. The smallest absolute Gasteiger partial charge is 0.329 e. The van der Waals surface area contributed by atoms with E-state index >= 15 is 0 Å². The van der Waals surface area contributed by atoms with Crippen LogP contribution < -0.4 is 10.6 Å². The van der Waals surface area contributed by atoms with Gasteiger partial charge >= 0.3 is 12.2 Å². The summed E-state index contributed by atoms with van der Waals surface area (Å²) < 4.78 is 38.9. The molecule has 11 heteroatoms. The molecule has 0 spiro atoms. The highest BCUT2D eigenvalue weighted by Gasteiger charge is 2.41. The molecule has 0 saturated carbocycles. The number of aromatic nitrogens is 4. The van der Waals surface area contributed by atoms with E-state index in [1.807, 2.05) is 18.4 Å². The first kappa shape index (κ1) is 19.2. The van der Waals surface area contributed by atoms with Crippen molar-refractivity contribution in [3.8, 4) is 0 Å². The summed E-state index contributed by atoms with van der Waals surface area (Å²) in [6.45, 7) is -1.33. The van der Waals surface area contributed by atoms with Gasteiger partial charge in [-0.15, -0.1) is 0 Å². The van der Waals surface area contributed by atoms with Crippen LogP contribution in [0.1, 0.15) is 25.0 Å². The highest BCUT2D eigenvalue weighted by atomic mass is 19.4. The molecule has 2 N–H and O–H groups in total. The molecule has 4 rings (SSSR count). The summed E-state index contributed by atoms with van der Waals surface area (Å²) in [6.07, 6.45) is 4.61. The topological polar surface area (TPSA) is 88.0 Å². The third kappa shape index (κ3) is 4.33. The molecule has 8 nitrogen and oxygen atoms in total. The van der Waals surface area contributed by atoms with Gasteiger partial charge in [0, 0.05) is 25.5 Å². The minimum atomic E-state index is -4.43. The molecule has 2 amide bonds. The fraction of sp³-hybridized carbons (Fsp3) is 0.444. The van der Waals surface area contributed by atoms with Gasteiger partial charge in [0.1, 0.15) is 6.54 Å². The standard InChI is InChI=1S/C18H20F3N7O/c1-27-9-12(8-24-27)25-16-22-5-4-15(26-16)11-6-13-2-3-14(7-11)28(13)17(29)23-10-18(19,20)21/h4-6,8-9,13-14H,2-3,7,10H2,1H3,(H,23,29)(H,22,25,26)/t13-,14+/m0/s1. The van der Waals surface area contributed by atoms with E-state index in [0.717, 1.165) is 29.8 Å². The first-order chi connectivity index (χ1) is 13.8. The van der Waals surface area contributed by atoms with E-state index in [-0.39, 0.29) is 12.1 Å². The molecular weight excluding hydrogens is 387 g/mol. The Kier molecular flexibility index (Phi) is 4.89. The van der Waals surface area contributed by atoms with Crippen molar-refractivity contribution in [2.45, 2.75) is 37.5 Å². The number of halogens is 3. The predicted molar refractivity (Wildman–Crippen MR) is 99.2 cm³/mol. The number of nitrogens with zero attached hydrogens (tertiary/aromatic N) is 5. The lowest BCUT2D eigenvalue weighted by molar-refractivity contribution is -0.123. The number of carbonyl (C=O) groups is 1. The Morgan fingerprint density at radius 3 is 2.86 bits per heavy atom. The van der Waals surface area contributed by atoms with Crippen LogP contribution >= 0.6 is 0 Å². The first-order valence-electron chi connectivity index (χ1n) is 9.21. The number of alkyl halides is 3. The Bertz CT molecular complexity index is 940. The lowest BCUT2D eigenvalue weighted by Crippen LogP contribution is -2.50. The Labute approximate surface area is 164 Å². The quantitative estimate of drug-likeness (QED) is 0.814. The number of aryl methyl sites for hydroxylation is 1. The number of carbonyl (C=O) groups excluding carboxylic acids is 1. The van der Waals surface area contributed by atoms with Gasteiger partial charge in [0.15, 0.2) is 0 Å². The van der Waals surface area contributed by atoms with Crippen LogP contribution in [0.5, 0.6) is 0 Å². The monoisotopic (exact) mass is 407 g/mol. The van der Waals surface area contributed by atoms with Crippen molar-refractivity contribution in [3.05, 3.63) is 36.4 Å². The van der Waals surface area contributed by atoms with E-state index in [0.29, 0.717) is 12.4 Å². The van der Waals surface area contributed by atoms with Crippen molar-refractivity contribution in [2.75, 3.05) is 11.9 Å². The maximum absolute atomic E-state index is 12.4. The highest BCUT2D eigenvalue weighted by molar-refractivity contribution is 5.78. The van der Waals surface area contributed by atoms with Crippen LogP contribution in [0.25, 0.3) is 5.57 Å². The lowest BCUT2D eigenvalue weighted by Gasteiger charge is -2.34. The number of fused-ring (bicyclic) bond motifs is 2. The predicted octanol–water partition coefficient (Wildman–Crippen LogP) is 2.85. The molecule has 0 aliphatic carbocycles. The summed E-state index contributed by atoms with van der Waals surface area (Å²) in [4.78, 5) is 22.5. The zero-order valence-corrected chi connectivity index (χ0v) is 15.6. The minimum Gasteiger partial charge on any atom is -0.329 e. The Hall–Kier alpha value is -3.11. The number of amides is 2. The molecule has 29 heavy (non-hydrogen) atoms. The van der Waals surface area contributed by atoms with Gasteiger partial charge in [-0.25, -0.2) is 14.8 Å². The maximum Gasteiger partial charge on any atom is 0.405 e. The number of nitrogens with one attached hydrogen (secondary N) is 2. The van der Waals surface area contributed by atoms with Crippen LogP contribution in [0.15, 0.2) is 30.7 Å². The molecule has 0 unspecified atom stereocenters. The third-order valence-corrected chi connectivity index (χ3v) is 5.02. The average molecular weight is 407 g/mol. The molecular formula is C18H20F3N7O. The van der Waals surface area contributed by atoms with E-state index in [2.05, 4.69) is 20.4 Å². The van der Waals surface area contributed by atoms with Gasteiger partial charge in [-0.05, 0) is 30.9 Å². The van der Waals surface area contributed by atoms with E-state index < -0.39 is 18.8 Å². The van der Waals surface area contributed by atoms with Crippen LogP contribution in [-0.2, 0) is 7.05 Å². The molecule has 4 heterocycles. The lowest BCUT2D eigenvalue weighted by atomic mass is 9.98. The summed E-state index contributed by atoms with van der Waals surface area (Å²) in [6, 6.07) is 0.741. The SMILES string of the molecule is Cn1cc(Nc2nccc(C3=C[C@@H]4CC[C@H](C3)N4C(=O)NCC(F)(F)F)n2)cn1. The number of hydrogen-bond donors (Lipinski definition) is 2. The van der Waals surface area contributed by atoms with Crippen molar-refractivity contribution in [3.63, 3.8) is 0 Å². The molecule has 1 saturated heterocycles. The molecule has 2 aromatic heterocycles. The number of anilines is 2. The Balaban J connectivity index is 1.48. The number of hydrogen-bond acceptors (Lipinski definition) is 5. The molecule has 2 aliphatic rings. The number of rotatable bonds is 4. The summed E-state index contributed by atoms with van der Waals surface area (Å²) in [5.74, 6) is 0.425.